The molecule has 0 aliphatic carbocycles. The molecule has 0 amide bonds. The van der Waals surface area contributed by atoms with Gasteiger partial charge in [-0.15, -0.1) is 0 Å². The molecular weight excluding hydrogens is 302 g/mol. The van der Waals surface area contributed by atoms with Gasteiger partial charge >= 0.3 is 0 Å². The number of likely N-dealkylation sites (N-methyl/N-ethyl adjacent to an activating group) is 1. The van der Waals surface area contributed by atoms with Crippen LogP contribution in [0.3, 0.4) is 0 Å². The summed E-state index contributed by atoms with van der Waals surface area (Å²) in [6, 6.07) is 12.2. The predicted octanol–water partition coefficient (Wildman–Crippen LogP) is 3.17. The summed E-state index contributed by atoms with van der Waals surface area (Å²) in [7, 11) is 3.81. The number of hydrogen-bond donors (Lipinski definition) is 1. The van der Waals surface area contributed by atoms with Gasteiger partial charge in [0.1, 0.15) is 11.6 Å². The molecule has 0 saturated heterocycles. The lowest BCUT2D eigenvalue weighted by atomic mass is 10.2. The number of pyridine rings is 1. The molecule has 5 heteroatoms. The van der Waals surface area contributed by atoms with Crippen molar-refractivity contribution in [1.29, 1.82) is 0 Å². The van der Waals surface area contributed by atoms with Crippen molar-refractivity contribution in [2.45, 2.75) is 20.0 Å². The van der Waals surface area contributed by atoms with Crippen molar-refractivity contribution in [3.63, 3.8) is 0 Å². The lowest BCUT2D eigenvalue weighted by Gasteiger charge is -2.16. The van der Waals surface area contributed by atoms with Gasteiger partial charge in [-0.3, -0.25) is 4.90 Å². The second kappa shape index (κ2) is 9.90. The van der Waals surface area contributed by atoms with E-state index in [9.17, 15) is 0 Å². The zero-order valence-corrected chi connectivity index (χ0v) is 14.8. The quantitative estimate of drug-likeness (QED) is 0.725. The van der Waals surface area contributed by atoms with Gasteiger partial charge in [-0.1, -0.05) is 18.2 Å². The van der Waals surface area contributed by atoms with Crippen LogP contribution in [0.25, 0.3) is 0 Å². The van der Waals surface area contributed by atoms with Crippen molar-refractivity contribution in [2.24, 2.45) is 0 Å². The van der Waals surface area contributed by atoms with E-state index in [1.54, 1.807) is 7.11 Å². The number of nitrogens with one attached hydrogen (secondary N) is 1. The molecule has 0 unspecified atom stereocenters. The van der Waals surface area contributed by atoms with Crippen LogP contribution in [0, 0.1) is 0 Å². The third-order valence-electron chi connectivity index (χ3n) is 3.69. The second-order valence-corrected chi connectivity index (χ2v) is 5.67. The Hall–Kier alpha value is -2.11. The molecule has 0 aliphatic rings. The van der Waals surface area contributed by atoms with Gasteiger partial charge in [-0.25, -0.2) is 4.98 Å². The molecule has 0 bridgehead atoms. The Morgan fingerprint density at radius 1 is 1.21 bits per heavy atom. The van der Waals surface area contributed by atoms with E-state index in [4.69, 9.17) is 9.47 Å². The number of para-hydroxylation sites is 1. The van der Waals surface area contributed by atoms with Crippen LogP contribution in [-0.2, 0) is 17.8 Å². The highest BCUT2D eigenvalue weighted by atomic mass is 16.5. The van der Waals surface area contributed by atoms with Crippen molar-refractivity contribution in [3.8, 4) is 5.75 Å². The minimum Gasteiger partial charge on any atom is -0.494 e. The average molecular weight is 329 g/mol. The number of anilines is 1. The monoisotopic (exact) mass is 329 g/mol. The molecule has 1 aromatic carbocycles. The van der Waals surface area contributed by atoms with Gasteiger partial charge in [0, 0.05) is 38.5 Å². The number of hydrogen-bond acceptors (Lipinski definition) is 5. The zero-order chi connectivity index (χ0) is 17.2. The summed E-state index contributed by atoms with van der Waals surface area (Å²) in [4.78, 5) is 6.63. The maximum absolute atomic E-state index is 5.66. The van der Waals surface area contributed by atoms with E-state index in [1.807, 2.05) is 37.4 Å². The highest BCUT2D eigenvalue weighted by Gasteiger charge is 2.05. The van der Waals surface area contributed by atoms with Crippen LogP contribution in [0.5, 0.6) is 5.75 Å². The van der Waals surface area contributed by atoms with E-state index < -0.39 is 0 Å². The molecule has 0 fully saturated rings. The van der Waals surface area contributed by atoms with Gasteiger partial charge in [-0.05, 0) is 37.7 Å². The van der Waals surface area contributed by atoms with Gasteiger partial charge in [0.25, 0.3) is 0 Å². The SMILES string of the molecule is CCOc1ccccc1CNc1cc(CN(C)CCOC)ccn1. The summed E-state index contributed by atoms with van der Waals surface area (Å²) in [6.45, 7) is 5.86. The first-order chi connectivity index (χ1) is 11.7. The van der Waals surface area contributed by atoms with Crippen LogP contribution in [0.1, 0.15) is 18.1 Å². The summed E-state index contributed by atoms with van der Waals surface area (Å²) in [5, 5.41) is 3.38. The van der Waals surface area contributed by atoms with Gasteiger partial charge in [0.2, 0.25) is 0 Å². The molecule has 0 spiro atoms. The largest absolute Gasteiger partial charge is 0.494 e. The first-order valence-electron chi connectivity index (χ1n) is 8.30. The first-order valence-corrected chi connectivity index (χ1v) is 8.30. The smallest absolute Gasteiger partial charge is 0.126 e. The number of nitrogens with zero attached hydrogens (tertiary/aromatic N) is 2. The summed E-state index contributed by atoms with van der Waals surface area (Å²) >= 11 is 0. The molecule has 0 saturated carbocycles. The molecule has 0 aliphatic heterocycles. The molecule has 0 radical (unpaired) electrons. The fraction of sp³-hybridized carbons (Fsp3) is 0.421. The van der Waals surface area contributed by atoms with Crippen LogP contribution in [0.15, 0.2) is 42.6 Å². The van der Waals surface area contributed by atoms with Crippen LogP contribution in [0.2, 0.25) is 0 Å². The summed E-state index contributed by atoms with van der Waals surface area (Å²) in [5.41, 5.74) is 2.35. The Bertz CT molecular complexity index is 619. The third-order valence-corrected chi connectivity index (χ3v) is 3.69. The predicted molar refractivity (Wildman–Crippen MR) is 97.4 cm³/mol. The molecule has 1 N–H and O–H groups in total. The Kier molecular flexibility index (Phi) is 7.52. The molecule has 5 nitrogen and oxygen atoms in total. The van der Waals surface area contributed by atoms with Crippen molar-refractivity contribution < 1.29 is 9.47 Å². The third kappa shape index (κ3) is 5.83. The van der Waals surface area contributed by atoms with Crippen LogP contribution >= 0.6 is 0 Å². The van der Waals surface area contributed by atoms with Crippen LogP contribution in [0.4, 0.5) is 5.82 Å². The Balaban J connectivity index is 1.95. The van der Waals surface area contributed by atoms with E-state index in [0.717, 1.165) is 36.8 Å². The van der Waals surface area contributed by atoms with Crippen LogP contribution in [-0.4, -0.2) is 43.8 Å². The van der Waals surface area contributed by atoms with Gasteiger partial charge in [-0.2, -0.15) is 0 Å². The zero-order valence-electron chi connectivity index (χ0n) is 14.8. The number of rotatable bonds is 10. The van der Waals surface area contributed by atoms with Crippen molar-refractivity contribution in [3.05, 3.63) is 53.7 Å². The van der Waals surface area contributed by atoms with E-state index in [-0.39, 0.29) is 0 Å². The second-order valence-electron chi connectivity index (χ2n) is 5.67. The highest BCUT2D eigenvalue weighted by molar-refractivity contribution is 5.41. The Morgan fingerprint density at radius 3 is 2.83 bits per heavy atom. The highest BCUT2D eigenvalue weighted by Crippen LogP contribution is 2.19. The molecule has 1 heterocycles. The molecule has 2 aromatic rings. The van der Waals surface area contributed by atoms with Crippen molar-refractivity contribution >= 4 is 5.82 Å². The number of benzene rings is 1. The topological polar surface area (TPSA) is 46.6 Å². The number of aromatic nitrogens is 1. The van der Waals surface area contributed by atoms with Crippen molar-refractivity contribution in [1.82, 2.24) is 9.88 Å². The minimum atomic E-state index is 0.665. The fourth-order valence-electron chi connectivity index (χ4n) is 2.44. The average Bonchev–Trinajstić information content (AvgIpc) is 2.60. The molecule has 2 rings (SSSR count). The van der Waals surface area contributed by atoms with E-state index in [1.165, 1.54) is 5.56 Å². The van der Waals surface area contributed by atoms with Crippen LogP contribution < -0.4 is 10.1 Å². The molecule has 0 atom stereocenters. The van der Waals surface area contributed by atoms with E-state index in [0.29, 0.717) is 13.2 Å². The van der Waals surface area contributed by atoms with E-state index in [2.05, 4.69) is 34.4 Å². The normalized spacial score (nSPS) is 10.8. The molecule has 130 valence electrons. The van der Waals surface area contributed by atoms with Gasteiger partial charge in [0.05, 0.1) is 13.2 Å². The maximum atomic E-state index is 5.66. The molecule has 24 heavy (non-hydrogen) atoms. The first kappa shape index (κ1) is 18.2. The summed E-state index contributed by atoms with van der Waals surface area (Å²) in [6.07, 6.45) is 1.84. The Labute approximate surface area is 144 Å². The molecular formula is C19H27N3O2. The summed E-state index contributed by atoms with van der Waals surface area (Å²) < 4.78 is 10.8. The molecule has 1 aromatic heterocycles. The van der Waals surface area contributed by atoms with E-state index >= 15 is 0 Å². The van der Waals surface area contributed by atoms with Crippen molar-refractivity contribution in [2.75, 3.05) is 39.2 Å². The lowest BCUT2D eigenvalue weighted by Crippen LogP contribution is -2.22. The summed E-state index contributed by atoms with van der Waals surface area (Å²) in [5.74, 6) is 1.79. The number of ether oxygens (including phenoxy) is 2. The Morgan fingerprint density at radius 2 is 2.04 bits per heavy atom. The minimum absolute atomic E-state index is 0.665. The standard InChI is InChI=1S/C19H27N3O2/c1-4-24-18-8-6-5-7-17(18)14-21-19-13-16(9-10-20-19)15-22(2)11-12-23-3/h5-10,13H,4,11-12,14-15H2,1-3H3,(H,20,21). The lowest BCUT2D eigenvalue weighted by molar-refractivity contribution is 0.158. The number of methoxy groups -OCH3 is 1. The maximum Gasteiger partial charge on any atom is 0.126 e. The van der Waals surface area contributed by atoms with Gasteiger partial charge < -0.3 is 14.8 Å². The fourth-order valence-corrected chi connectivity index (χ4v) is 2.44. The van der Waals surface area contributed by atoms with Gasteiger partial charge in [0.15, 0.2) is 0 Å².